The average Bonchev–Trinajstić information content (AvgIpc) is 1.24. The minimum Gasteiger partial charge on any atom is -0.508 e. The summed E-state index contributed by atoms with van der Waals surface area (Å²) in [5, 5.41) is 96.3. The van der Waals surface area contributed by atoms with Gasteiger partial charge in [-0.15, -0.1) is 0 Å². The van der Waals surface area contributed by atoms with Crippen molar-refractivity contribution in [3.63, 3.8) is 0 Å². The number of carbonyl (C=O) groups excluding carboxylic acids is 16. The number of thiol groups is 2. The van der Waals surface area contributed by atoms with Crippen molar-refractivity contribution in [3.05, 3.63) is 59.7 Å². The maximum atomic E-state index is 14.9. The molecule has 1 fully saturated rings. The molecule has 1 saturated heterocycles. The number of nitrogens with one attached hydrogen (secondary N) is 14. The number of carboxylic acid groups (broad SMARTS) is 1. The number of hydrogen-bond donors (Lipinski definition) is 30. The van der Waals surface area contributed by atoms with Gasteiger partial charge in [-0.05, 0) is 151 Å². The molecule has 0 aliphatic carbocycles. The zero-order valence-corrected chi connectivity index (χ0v) is 77.6. The summed E-state index contributed by atoms with van der Waals surface area (Å²) in [6, 6.07) is -14.4. The number of nitrogens with two attached hydrogens (primary N) is 8. The molecule has 1 aliphatic rings. The summed E-state index contributed by atoms with van der Waals surface area (Å²) < 4.78 is -1.60. The number of primary amides is 1. The van der Waals surface area contributed by atoms with E-state index in [1.807, 2.05) is 0 Å². The number of guanidine groups is 1. The van der Waals surface area contributed by atoms with Gasteiger partial charge in [-0.3, -0.25) is 81.7 Å². The number of aliphatic hydroxyl groups excluding tert-OH is 3. The number of β-amino-alcohol motifs (C(OH)–C–C–N with tert-alkyl or cyclic N) is 1. The van der Waals surface area contributed by atoms with E-state index in [2.05, 4.69) is 105 Å². The van der Waals surface area contributed by atoms with Gasteiger partial charge in [0, 0.05) is 42.9 Å². The minimum atomic E-state index is -1.98. The van der Waals surface area contributed by atoms with E-state index in [1.54, 1.807) is 41.5 Å². The fourth-order valence-corrected chi connectivity index (χ4v) is 14.1. The third-order valence-electron chi connectivity index (χ3n) is 21.9. The van der Waals surface area contributed by atoms with E-state index in [-0.39, 0.29) is 127 Å². The first-order chi connectivity index (χ1) is 62.0. The first kappa shape index (κ1) is 115. The summed E-state index contributed by atoms with van der Waals surface area (Å²) in [5.41, 5.74) is 47.1. The molecule has 740 valence electrons. The number of benzene rings is 2. The molecule has 0 spiro atoms. The Labute approximate surface area is 776 Å². The van der Waals surface area contributed by atoms with Crippen molar-refractivity contribution in [2.24, 2.45) is 68.6 Å². The summed E-state index contributed by atoms with van der Waals surface area (Å²) in [6.07, 6.45) is -4.98. The fraction of sp³-hybridized carbons (Fsp3) is 0.639. The SMILES string of the molecule is CC[C@H](C)[C@H](NC(=O)[C@@H](NC(=O)[C@@H]1C[C@@H](O)CN1C(=O)[C@@H](N)C(C)C)[C@@H](C)CC)C(=O)N[C@@H](Cc1ccc(O)cc1)C(=O)N[C@H](C(=O)N[C@@H](CC(N)=O)C(=O)N[C@@H](CCCN=C(N)N)C(=O)N[C@@H](CCN)C(=O)N[C@@H](CO)C(=O)N[C@H](CCN)C(=O)N[C@@H](CCCCN)C(=O)N[C@@H](CS)C(=O)N[C@@H](CCN)C(=O)N[C@H](C(=O)N[C@@H](Cc1ccc(O)cc1)C(=O)O)[C@@H](C)O)C(C)(C)S. The molecule has 0 unspecified atom stereocenters. The maximum absolute atomic E-state index is 14.9. The summed E-state index contributed by atoms with van der Waals surface area (Å²) in [7, 11) is 0. The van der Waals surface area contributed by atoms with Crippen LogP contribution in [0.4, 0.5) is 0 Å². The normalized spacial score (nSPS) is 17.2. The van der Waals surface area contributed by atoms with Gasteiger partial charge in [-0.1, -0.05) is 78.6 Å². The lowest BCUT2D eigenvalue weighted by atomic mass is 9.94. The smallest absolute Gasteiger partial charge is 0.326 e. The van der Waals surface area contributed by atoms with Crippen molar-refractivity contribution in [1.82, 2.24) is 79.3 Å². The Morgan fingerprint density at radius 3 is 1.27 bits per heavy atom. The maximum Gasteiger partial charge on any atom is 0.326 e. The molecule has 132 heavy (non-hydrogen) atoms. The second-order valence-electron chi connectivity index (χ2n) is 33.4. The minimum absolute atomic E-state index is 0.0900. The quantitative estimate of drug-likeness (QED) is 0.0127. The summed E-state index contributed by atoms with van der Waals surface area (Å²) in [4.78, 5) is 244. The van der Waals surface area contributed by atoms with Crippen LogP contribution in [0.25, 0.3) is 0 Å². The van der Waals surface area contributed by atoms with Gasteiger partial charge in [-0.2, -0.15) is 25.3 Å². The van der Waals surface area contributed by atoms with Crippen LogP contribution in [0.2, 0.25) is 0 Å². The summed E-state index contributed by atoms with van der Waals surface area (Å²) in [6.45, 7) is 11.8. The van der Waals surface area contributed by atoms with Crippen molar-refractivity contribution in [3.8, 4) is 11.5 Å². The van der Waals surface area contributed by atoms with Gasteiger partial charge < -0.3 is 156 Å². The molecule has 49 heteroatoms. The number of aliphatic carboxylic acids is 1. The molecule has 16 amide bonds. The first-order valence-corrected chi connectivity index (χ1v) is 44.7. The van der Waals surface area contributed by atoms with Crippen LogP contribution in [0, 0.1) is 17.8 Å². The van der Waals surface area contributed by atoms with Crippen LogP contribution in [0.15, 0.2) is 53.5 Å². The van der Waals surface area contributed by atoms with Gasteiger partial charge in [-0.25, -0.2) is 4.79 Å². The first-order valence-electron chi connectivity index (χ1n) is 43.6. The molecule has 0 saturated carbocycles. The fourth-order valence-electron chi connectivity index (χ4n) is 13.6. The van der Waals surface area contributed by atoms with E-state index < -0.39 is 251 Å². The Hall–Kier alpha value is -11.3. The number of aromatic hydroxyl groups is 2. The topological polar surface area (TPSA) is 804 Å². The number of aliphatic imine (C=N–C) groups is 1. The monoisotopic (exact) mass is 1900 g/mol. The molecule has 20 atom stereocenters. The third-order valence-corrected chi connectivity index (χ3v) is 22.5. The number of hydrogen-bond acceptors (Lipinski definition) is 30. The van der Waals surface area contributed by atoms with Crippen LogP contribution < -0.4 is 120 Å². The van der Waals surface area contributed by atoms with Crippen molar-refractivity contribution in [2.45, 2.75) is 266 Å². The number of nitrogens with zero attached hydrogens (tertiary/aromatic N) is 2. The Morgan fingerprint density at radius 1 is 0.477 bits per heavy atom. The van der Waals surface area contributed by atoms with E-state index in [0.29, 0.717) is 24.0 Å². The molecule has 3 rings (SSSR count). The highest BCUT2D eigenvalue weighted by Crippen LogP contribution is 2.25. The zero-order valence-electron chi connectivity index (χ0n) is 75.8. The van der Waals surface area contributed by atoms with Crippen molar-refractivity contribution >= 4 is 132 Å². The predicted molar refractivity (Wildman–Crippen MR) is 489 cm³/mol. The molecule has 0 aromatic heterocycles. The molecule has 2 aromatic rings. The summed E-state index contributed by atoms with van der Waals surface area (Å²) in [5.74, 6) is -20.7. The Morgan fingerprint density at radius 2 is 0.848 bits per heavy atom. The van der Waals surface area contributed by atoms with Gasteiger partial charge >= 0.3 is 5.97 Å². The number of likely N-dealkylation sites (tertiary alicyclic amines) is 1. The third kappa shape index (κ3) is 38.1. The molecule has 0 radical (unpaired) electrons. The average molecular weight is 1900 g/mol. The van der Waals surface area contributed by atoms with Crippen LogP contribution in [0.1, 0.15) is 150 Å². The number of carboxylic acids is 1. The van der Waals surface area contributed by atoms with Gasteiger partial charge in [0.05, 0.1) is 31.3 Å². The molecule has 1 heterocycles. The van der Waals surface area contributed by atoms with Gasteiger partial charge in [0.15, 0.2) is 5.96 Å². The Balaban J connectivity index is 1.91. The lowest BCUT2D eigenvalue weighted by molar-refractivity contribution is -0.143. The Bertz CT molecular complexity index is 4230. The number of rotatable bonds is 59. The molecular formula is C83H138N24O23S2. The molecule has 47 nitrogen and oxygen atoms in total. The second kappa shape index (κ2) is 57.2. The van der Waals surface area contributed by atoms with E-state index in [9.17, 15) is 112 Å². The van der Waals surface area contributed by atoms with Gasteiger partial charge in [0.1, 0.15) is 102 Å². The highest BCUT2D eigenvalue weighted by molar-refractivity contribution is 7.81. The second-order valence-corrected chi connectivity index (χ2v) is 34.9. The van der Waals surface area contributed by atoms with Crippen LogP contribution in [-0.4, -0.2) is 307 Å². The summed E-state index contributed by atoms with van der Waals surface area (Å²) >= 11 is 8.86. The Kier molecular flexibility index (Phi) is 49.8. The highest BCUT2D eigenvalue weighted by Gasteiger charge is 2.46. The number of aliphatic hydroxyl groups is 3. The lowest BCUT2D eigenvalue weighted by Gasteiger charge is -2.33. The van der Waals surface area contributed by atoms with Crippen LogP contribution >= 0.6 is 25.3 Å². The molecule has 0 bridgehead atoms. The zero-order chi connectivity index (χ0) is 99.7. The number of amides is 16. The van der Waals surface area contributed by atoms with Crippen LogP contribution in [0.5, 0.6) is 11.5 Å². The number of phenolic OH excluding ortho intramolecular Hbond substituents is 2. The van der Waals surface area contributed by atoms with Gasteiger partial charge in [0.25, 0.3) is 0 Å². The lowest BCUT2D eigenvalue weighted by Crippen LogP contribution is -2.64. The van der Waals surface area contributed by atoms with Crippen molar-refractivity contribution < 1.29 is 112 Å². The van der Waals surface area contributed by atoms with E-state index in [1.165, 1.54) is 67.3 Å². The van der Waals surface area contributed by atoms with E-state index in [0.717, 1.165) is 6.92 Å². The van der Waals surface area contributed by atoms with E-state index >= 15 is 0 Å². The standard InChI is InChI=1S/C83H138N24O23S2/c1-10-41(5)62(104-77(125)63(42(6)11-2)103-75(123)59-35-48(112)37-107(59)80(128)61(89)40(3)4)76(124)98-54(33-44-17-21-46(110)22-18-44)72(120)106-65(83(8,9)132)79(127)99-55(36-60(88)113)71(119)94-50(16-14-32-92-82(90)91)66(114)95-52(26-30-86)69(117)101-57(38-108)73(121)96-51(25-29-85)68(116)93-49(15-12-13-28-84)67(115)102-58(39-131)74(122)97-53(27-31-87)70(118)105-64(43(7)109)78(126)100-56(81(129)130)34-45-19-23-47(111)24-20-45/h17-24,40-43,48-59,61-65,108-112,131-132H,10-16,25-39,84-87,89H2,1-9H3,(H2,88,113)(H,93,116)(H,94,119)(H,95,114)(H,96,121)(H,97,122)(H,98,124)(H,99,127)(H,100,126)(H,101,117)(H,102,115)(H,103,123)(H,104,125)(H,105,118)(H,106,120)(H,129,130)(H4,90,91,92)/t41-,42-,43+,48+,49-,50-,51+,52-,53-,54-,55-,56-,57-,58-,59-,61-,62-,63-,64-,65+/m0/s1. The van der Waals surface area contributed by atoms with E-state index in [4.69, 9.17) is 45.9 Å². The highest BCUT2D eigenvalue weighted by atomic mass is 32.1. The van der Waals surface area contributed by atoms with Crippen molar-refractivity contribution in [2.75, 3.05) is 51.6 Å². The van der Waals surface area contributed by atoms with Gasteiger partial charge in [0.2, 0.25) is 94.5 Å². The number of unbranched alkanes of at least 4 members (excludes halogenated alkanes) is 1. The van der Waals surface area contributed by atoms with Crippen molar-refractivity contribution in [1.29, 1.82) is 0 Å². The number of carbonyl (C=O) groups is 17. The molecular weight excluding hydrogens is 1770 g/mol. The molecule has 1 aliphatic heterocycles. The number of phenols is 2. The molecule has 2 aromatic carbocycles. The van der Waals surface area contributed by atoms with Crippen LogP contribution in [0.3, 0.4) is 0 Å². The predicted octanol–water partition coefficient (Wildman–Crippen LogP) is -9.09. The largest absolute Gasteiger partial charge is 0.508 e. The van der Waals surface area contributed by atoms with Crippen LogP contribution in [-0.2, 0) is 94.3 Å². The molecule has 36 N–H and O–H groups in total.